The summed E-state index contributed by atoms with van der Waals surface area (Å²) in [5.74, 6) is 0.484. The molecule has 2 aliphatic rings. The lowest BCUT2D eigenvalue weighted by molar-refractivity contribution is -0.166. The maximum Gasteiger partial charge on any atom is 0.0943 e. The van der Waals surface area contributed by atoms with Gasteiger partial charge in [-0.15, -0.1) is 0 Å². The minimum absolute atomic E-state index is 0.237. The van der Waals surface area contributed by atoms with Crippen LogP contribution in [0.2, 0.25) is 0 Å². The molecule has 2 nitrogen and oxygen atoms in total. The Morgan fingerprint density at radius 2 is 1.67 bits per heavy atom. The van der Waals surface area contributed by atoms with Gasteiger partial charge in [0.15, 0.2) is 0 Å². The Morgan fingerprint density at radius 1 is 1.11 bits per heavy atom. The van der Waals surface area contributed by atoms with Gasteiger partial charge in [0.1, 0.15) is 0 Å². The van der Waals surface area contributed by atoms with Crippen molar-refractivity contribution in [3.8, 4) is 0 Å². The standard InChI is InChI=1S/C16H30O2/c1-4-18-16(11-9-15(2,3)10-12-16)14(17)13-7-5-6-8-13/h13-14,17H,4-12H2,1-3H3. The number of rotatable bonds is 4. The predicted octanol–water partition coefficient (Wildman–Crippen LogP) is 3.91. The van der Waals surface area contributed by atoms with Gasteiger partial charge in [-0.25, -0.2) is 0 Å². The van der Waals surface area contributed by atoms with Gasteiger partial charge in [-0.3, -0.25) is 0 Å². The average Bonchev–Trinajstić information content (AvgIpc) is 2.85. The summed E-state index contributed by atoms with van der Waals surface area (Å²) in [6.07, 6.45) is 9.14. The Balaban J connectivity index is 2.06. The molecule has 2 saturated carbocycles. The summed E-state index contributed by atoms with van der Waals surface area (Å²) < 4.78 is 6.09. The molecule has 0 aromatic heterocycles. The monoisotopic (exact) mass is 254 g/mol. The number of aliphatic hydroxyl groups is 1. The summed E-state index contributed by atoms with van der Waals surface area (Å²) in [7, 11) is 0. The second-order valence-corrected chi connectivity index (χ2v) is 7.15. The average molecular weight is 254 g/mol. The molecule has 0 bridgehead atoms. The molecule has 1 atom stereocenters. The Morgan fingerprint density at radius 3 is 2.17 bits per heavy atom. The highest BCUT2D eigenvalue weighted by Crippen LogP contribution is 2.46. The van der Waals surface area contributed by atoms with Crippen molar-refractivity contribution in [3.05, 3.63) is 0 Å². The van der Waals surface area contributed by atoms with Gasteiger partial charge in [-0.2, -0.15) is 0 Å². The summed E-state index contributed by atoms with van der Waals surface area (Å²) in [5.41, 5.74) is 0.190. The van der Waals surface area contributed by atoms with Crippen LogP contribution in [0.1, 0.15) is 72.1 Å². The Labute approximate surface area is 112 Å². The Hall–Kier alpha value is -0.0800. The van der Waals surface area contributed by atoms with Gasteiger partial charge in [-0.05, 0) is 56.8 Å². The van der Waals surface area contributed by atoms with Crippen molar-refractivity contribution in [2.45, 2.75) is 83.8 Å². The molecule has 106 valence electrons. The first-order chi connectivity index (χ1) is 8.49. The van der Waals surface area contributed by atoms with Gasteiger partial charge in [0.2, 0.25) is 0 Å². The third-order valence-electron chi connectivity index (χ3n) is 5.27. The first-order valence-electron chi connectivity index (χ1n) is 7.81. The molecule has 2 rings (SSSR count). The molecule has 0 heterocycles. The third kappa shape index (κ3) is 2.91. The van der Waals surface area contributed by atoms with Crippen LogP contribution >= 0.6 is 0 Å². The van der Waals surface area contributed by atoms with Crippen LogP contribution < -0.4 is 0 Å². The highest BCUT2D eigenvalue weighted by atomic mass is 16.5. The number of hydrogen-bond acceptors (Lipinski definition) is 2. The van der Waals surface area contributed by atoms with E-state index in [2.05, 4.69) is 20.8 Å². The zero-order chi connectivity index (χ0) is 13.2. The Kier molecular flexibility index (Phi) is 4.38. The van der Waals surface area contributed by atoms with Crippen molar-refractivity contribution in [1.82, 2.24) is 0 Å². The second kappa shape index (κ2) is 5.50. The summed E-state index contributed by atoms with van der Waals surface area (Å²) in [6.45, 7) is 7.46. The molecule has 0 aromatic carbocycles. The lowest BCUT2D eigenvalue weighted by Gasteiger charge is -2.47. The van der Waals surface area contributed by atoms with Crippen molar-refractivity contribution in [2.24, 2.45) is 11.3 Å². The fourth-order valence-corrected chi connectivity index (χ4v) is 3.87. The molecule has 1 unspecified atom stereocenters. The quantitative estimate of drug-likeness (QED) is 0.824. The molecule has 18 heavy (non-hydrogen) atoms. The smallest absolute Gasteiger partial charge is 0.0943 e. The summed E-state index contributed by atoms with van der Waals surface area (Å²) in [5, 5.41) is 10.8. The fraction of sp³-hybridized carbons (Fsp3) is 1.00. The van der Waals surface area contributed by atoms with Crippen LogP contribution in [0.15, 0.2) is 0 Å². The van der Waals surface area contributed by atoms with E-state index in [0.29, 0.717) is 11.3 Å². The normalized spacial score (nSPS) is 29.3. The highest BCUT2D eigenvalue weighted by molar-refractivity contribution is 4.98. The van der Waals surface area contributed by atoms with Gasteiger partial charge < -0.3 is 9.84 Å². The third-order valence-corrected chi connectivity index (χ3v) is 5.27. The van der Waals surface area contributed by atoms with Crippen molar-refractivity contribution in [1.29, 1.82) is 0 Å². The zero-order valence-corrected chi connectivity index (χ0v) is 12.4. The lowest BCUT2D eigenvalue weighted by Crippen LogP contribution is -2.51. The van der Waals surface area contributed by atoms with Crippen LogP contribution in [0.3, 0.4) is 0 Å². The molecule has 0 radical (unpaired) electrons. The first-order valence-corrected chi connectivity index (χ1v) is 7.81. The number of ether oxygens (including phenoxy) is 1. The summed E-state index contributed by atoms with van der Waals surface area (Å²) >= 11 is 0. The predicted molar refractivity (Wildman–Crippen MR) is 74.6 cm³/mol. The number of aliphatic hydroxyl groups excluding tert-OH is 1. The van der Waals surface area contributed by atoms with Crippen LogP contribution in [0.4, 0.5) is 0 Å². The molecule has 0 spiro atoms. The van der Waals surface area contributed by atoms with E-state index in [1.165, 1.54) is 38.5 Å². The largest absolute Gasteiger partial charge is 0.390 e. The van der Waals surface area contributed by atoms with Crippen LogP contribution in [0, 0.1) is 11.3 Å². The van der Waals surface area contributed by atoms with Gasteiger partial charge in [-0.1, -0.05) is 26.7 Å². The van der Waals surface area contributed by atoms with Crippen molar-refractivity contribution >= 4 is 0 Å². The molecule has 2 aliphatic carbocycles. The van der Waals surface area contributed by atoms with E-state index >= 15 is 0 Å². The minimum Gasteiger partial charge on any atom is -0.390 e. The van der Waals surface area contributed by atoms with E-state index in [9.17, 15) is 5.11 Å². The molecule has 2 fully saturated rings. The summed E-state index contributed by atoms with van der Waals surface area (Å²) in [6, 6.07) is 0. The van der Waals surface area contributed by atoms with E-state index in [1.54, 1.807) is 0 Å². The first kappa shape index (κ1) is 14.3. The van der Waals surface area contributed by atoms with Crippen LogP contribution in [-0.2, 0) is 4.74 Å². The van der Waals surface area contributed by atoms with E-state index in [-0.39, 0.29) is 11.7 Å². The van der Waals surface area contributed by atoms with Crippen LogP contribution in [0.5, 0.6) is 0 Å². The maximum atomic E-state index is 10.8. The molecule has 0 saturated heterocycles. The molecule has 0 amide bonds. The van der Waals surface area contributed by atoms with Gasteiger partial charge in [0.25, 0.3) is 0 Å². The second-order valence-electron chi connectivity index (χ2n) is 7.15. The van der Waals surface area contributed by atoms with Crippen LogP contribution in [-0.4, -0.2) is 23.4 Å². The lowest BCUT2D eigenvalue weighted by atomic mass is 9.67. The van der Waals surface area contributed by atoms with E-state index in [1.807, 2.05) is 0 Å². The SMILES string of the molecule is CCOC1(C(O)C2CCCC2)CCC(C)(C)CC1. The molecule has 1 N–H and O–H groups in total. The minimum atomic E-state index is -0.240. The fourth-order valence-electron chi connectivity index (χ4n) is 3.87. The molecule has 2 heteroatoms. The van der Waals surface area contributed by atoms with Gasteiger partial charge >= 0.3 is 0 Å². The van der Waals surface area contributed by atoms with Crippen molar-refractivity contribution in [2.75, 3.05) is 6.61 Å². The highest BCUT2D eigenvalue weighted by Gasteiger charge is 2.47. The van der Waals surface area contributed by atoms with Gasteiger partial charge in [0.05, 0.1) is 11.7 Å². The zero-order valence-electron chi connectivity index (χ0n) is 12.4. The maximum absolute atomic E-state index is 10.8. The molecule has 0 aromatic rings. The molecular weight excluding hydrogens is 224 g/mol. The topological polar surface area (TPSA) is 29.5 Å². The van der Waals surface area contributed by atoms with Gasteiger partial charge in [0, 0.05) is 6.61 Å². The number of hydrogen-bond donors (Lipinski definition) is 1. The molecular formula is C16H30O2. The van der Waals surface area contributed by atoms with Crippen LogP contribution in [0.25, 0.3) is 0 Å². The molecule has 0 aliphatic heterocycles. The van der Waals surface area contributed by atoms with Crippen molar-refractivity contribution < 1.29 is 9.84 Å². The van der Waals surface area contributed by atoms with E-state index in [4.69, 9.17) is 4.74 Å². The Bertz CT molecular complexity index is 256. The van der Waals surface area contributed by atoms with E-state index in [0.717, 1.165) is 19.4 Å². The van der Waals surface area contributed by atoms with Crippen molar-refractivity contribution in [3.63, 3.8) is 0 Å². The summed E-state index contributed by atoms with van der Waals surface area (Å²) in [4.78, 5) is 0. The van der Waals surface area contributed by atoms with E-state index < -0.39 is 0 Å².